The van der Waals surface area contributed by atoms with Crippen LogP contribution in [0.25, 0.3) is 16.9 Å². The maximum Gasteiger partial charge on any atom is 0.284 e. The normalized spacial score (nSPS) is 11.0. The average molecular weight is 409 g/mol. The number of carbonyl (C=O) groups excluding carboxylic acids is 1. The van der Waals surface area contributed by atoms with E-state index in [1.165, 1.54) is 15.6 Å². The summed E-state index contributed by atoms with van der Waals surface area (Å²) in [7, 11) is 0. The molecule has 9 heteroatoms. The zero-order chi connectivity index (χ0) is 20.4. The lowest BCUT2D eigenvalue weighted by atomic mass is 10.1. The van der Waals surface area contributed by atoms with Gasteiger partial charge in [-0.3, -0.25) is 14.2 Å². The summed E-state index contributed by atoms with van der Waals surface area (Å²) in [5, 5.41) is 11.3. The van der Waals surface area contributed by atoms with E-state index >= 15 is 0 Å². The largest absolute Gasteiger partial charge is 0.350 e. The second-order valence-corrected chi connectivity index (χ2v) is 7.03. The first-order valence-corrected chi connectivity index (χ1v) is 9.28. The lowest BCUT2D eigenvalue weighted by Crippen LogP contribution is -2.32. The molecule has 8 nitrogen and oxygen atoms in total. The Kier molecular flexibility index (Phi) is 5.09. The first-order chi connectivity index (χ1) is 14.0. The van der Waals surface area contributed by atoms with E-state index in [1.807, 2.05) is 31.2 Å². The summed E-state index contributed by atoms with van der Waals surface area (Å²) in [6, 6.07) is 14.8. The molecule has 29 heavy (non-hydrogen) atoms. The number of aromatic nitrogens is 5. The van der Waals surface area contributed by atoms with Crippen molar-refractivity contribution in [3.8, 4) is 5.69 Å². The smallest absolute Gasteiger partial charge is 0.284 e. The number of fused-ring (bicyclic) bond motifs is 1. The molecule has 146 valence electrons. The Hall–Kier alpha value is -3.52. The Morgan fingerprint density at radius 2 is 1.83 bits per heavy atom. The van der Waals surface area contributed by atoms with Crippen LogP contribution in [0.15, 0.2) is 59.7 Å². The van der Waals surface area contributed by atoms with Gasteiger partial charge < -0.3 is 5.32 Å². The molecule has 0 fully saturated rings. The molecule has 0 aliphatic heterocycles. The SMILES string of the molecule is Cc1ccc(CNC(=O)Cn2cnc3c(nnn3-c3ccc(Cl)cc3)c2=O)cc1. The van der Waals surface area contributed by atoms with Crippen molar-refractivity contribution in [2.75, 3.05) is 0 Å². The van der Waals surface area contributed by atoms with Crippen LogP contribution in [0.4, 0.5) is 0 Å². The van der Waals surface area contributed by atoms with Crippen LogP contribution < -0.4 is 10.9 Å². The van der Waals surface area contributed by atoms with Crippen molar-refractivity contribution >= 4 is 28.7 Å². The van der Waals surface area contributed by atoms with E-state index in [9.17, 15) is 9.59 Å². The van der Waals surface area contributed by atoms with Crippen molar-refractivity contribution in [1.82, 2.24) is 29.9 Å². The first-order valence-electron chi connectivity index (χ1n) is 8.90. The highest BCUT2D eigenvalue weighted by Crippen LogP contribution is 2.15. The minimum Gasteiger partial charge on any atom is -0.350 e. The Balaban J connectivity index is 1.52. The lowest BCUT2D eigenvalue weighted by Gasteiger charge is -2.08. The fourth-order valence-electron chi connectivity index (χ4n) is 2.83. The zero-order valence-corrected chi connectivity index (χ0v) is 16.3. The van der Waals surface area contributed by atoms with Crippen LogP contribution in [-0.4, -0.2) is 30.5 Å². The third kappa shape index (κ3) is 4.02. The van der Waals surface area contributed by atoms with Crippen molar-refractivity contribution in [2.24, 2.45) is 0 Å². The summed E-state index contributed by atoms with van der Waals surface area (Å²) < 4.78 is 2.67. The van der Waals surface area contributed by atoms with E-state index in [1.54, 1.807) is 24.3 Å². The Labute approximate surface area is 170 Å². The third-order valence-electron chi connectivity index (χ3n) is 4.42. The van der Waals surface area contributed by atoms with Gasteiger partial charge in [0.1, 0.15) is 12.9 Å². The summed E-state index contributed by atoms with van der Waals surface area (Å²) >= 11 is 5.91. The first kappa shape index (κ1) is 18.8. The van der Waals surface area contributed by atoms with Crippen molar-refractivity contribution in [3.63, 3.8) is 0 Å². The van der Waals surface area contributed by atoms with Gasteiger partial charge in [-0.2, -0.15) is 4.68 Å². The van der Waals surface area contributed by atoms with E-state index in [-0.39, 0.29) is 18.0 Å². The van der Waals surface area contributed by atoms with Gasteiger partial charge in [-0.25, -0.2) is 4.98 Å². The van der Waals surface area contributed by atoms with Crippen LogP contribution >= 0.6 is 11.6 Å². The van der Waals surface area contributed by atoms with E-state index in [2.05, 4.69) is 20.6 Å². The Morgan fingerprint density at radius 3 is 2.55 bits per heavy atom. The monoisotopic (exact) mass is 408 g/mol. The van der Waals surface area contributed by atoms with Crippen molar-refractivity contribution in [2.45, 2.75) is 20.0 Å². The quantitative estimate of drug-likeness (QED) is 0.546. The number of nitrogens with zero attached hydrogens (tertiary/aromatic N) is 5. The molecule has 2 aromatic carbocycles. The number of carbonyl (C=O) groups is 1. The molecule has 0 saturated heterocycles. The number of rotatable bonds is 5. The second-order valence-electron chi connectivity index (χ2n) is 6.59. The summed E-state index contributed by atoms with van der Waals surface area (Å²) in [6.45, 7) is 2.23. The summed E-state index contributed by atoms with van der Waals surface area (Å²) in [5.41, 5.74) is 2.79. The maximum absolute atomic E-state index is 12.7. The van der Waals surface area contributed by atoms with Gasteiger partial charge in [0.05, 0.1) is 5.69 Å². The van der Waals surface area contributed by atoms with E-state index in [4.69, 9.17) is 11.6 Å². The fourth-order valence-corrected chi connectivity index (χ4v) is 2.96. The van der Waals surface area contributed by atoms with E-state index in [0.717, 1.165) is 11.1 Å². The van der Waals surface area contributed by atoms with Crippen LogP contribution in [0.3, 0.4) is 0 Å². The topological polar surface area (TPSA) is 94.7 Å². The number of benzene rings is 2. The van der Waals surface area contributed by atoms with Crippen molar-refractivity contribution < 1.29 is 4.79 Å². The highest BCUT2D eigenvalue weighted by molar-refractivity contribution is 6.30. The van der Waals surface area contributed by atoms with Gasteiger partial charge in [0.15, 0.2) is 11.2 Å². The molecule has 4 rings (SSSR count). The van der Waals surface area contributed by atoms with Crippen LogP contribution in [0.2, 0.25) is 5.02 Å². The van der Waals surface area contributed by atoms with Crippen LogP contribution in [0.1, 0.15) is 11.1 Å². The molecule has 0 aliphatic carbocycles. The van der Waals surface area contributed by atoms with Gasteiger partial charge in [0, 0.05) is 11.6 Å². The maximum atomic E-state index is 12.7. The number of halogens is 1. The van der Waals surface area contributed by atoms with Crippen LogP contribution in [0, 0.1) is 6.92 Å². The predicted molar refractivity (Wildman–Crippen MR) is 109 cm³/mol. The molecule has 0 saturated carbocycles. The van der Waals surface area contributed by atoms with Gasteiger partial charge in [-0.15, -0.1) is 5.10 Å². The average Bonchev–Trinajstić information content (AvgIpc) is 3.15. The van der Waals surface area contributed by atoms with Crippen LogP contribution in [0.5, 0.6) is 0 Å². The highest BCUT2D eigenvalue weighted by atomic mass is 35.5. The minimum absolute atomic E-state index is 0.0915. The van der Waals surface area contributed by atoms with Crippen LogP contribution in [-0.2, 0) is 17.9 Å². The molecule has 1 amide bonds. The standard InChI is InChI=1S/C20H17ClN6O2/c1-13-2-4-14(5-3-13)10-22-17(28)11-26-12-23-19-18(20(26)29)24-25-27(19)16-8-6-15(21)7-9-16/h2-9,12H,10-11H2,1H3,(H,22,28). The van der Waals surface area contributed by atoms with Gasteiger partial charge in [0.25, 0.3) is 5.56 Å². The zero-order valence-electron chi connectivity index (χ0n) is 15.5. The second kappa shape index (κ2) is 7.84. The van der Waals surface area contributed by atoms with E-state index < -0.39 is 5.56 Å². The third-order valence-corrected chi connectivity index (χ3v) is 4.68. The molecule has 4 aromatic rings. The van der Waals surface area contributed by atoms with Crippen molar-refractivity contribution in [3.05, 3.63) is 81.4 Å². The Morgan fingerprint density at radius 1 is 1.10 bits per heavy atom. The van der Waals surface area contributed by atoms with Gasteiger partial charge in [-0.05, 0) is 36.8 Å². The molecular weight excluding hydrogens is 392 g/mol. The molecule has 2 heterocycles. The molecular formula is C20H17ClN6O2. The number of hydrogen-bond acceptors (Lipinski definition) is 5. The number of hydrogen-bond donors (Lipinski definition) is 1. The van der Waals surface area contributed by atoms with E-state index in [0.29, 0.717) is 22.9 Å². The highest BCUT2D eigenvalue weighted by Gasteiger charge is 2.14. The molecule has 0 bridgehead atoms. The number of amides is 1. The minimum atomic E-state index is -0.430. The fraction of sp³-hybridized carbons (Fsp3) is 0.150. The molecule has 0 unspecified atom stereocenters. The van der Waals surface area contributed by atoms with Crippen molar-refractivity contribution in [1.29, 1.82) is 0 Å². The summed E-state index contributed by atoms with van der Waals surface area (Å²) in [6.07, 6.45) is 1.33. The van der Waals surface area contributed by atoms with Gasteiger partial charge in [-0.1, -0.05) is 46.6 Å². The molecule has 0 atom stereocenters. The summed E-state index contributed by atoms with van der Waals surface area (Å²) in [4.78, 5) is 29.2. The molecule has 1 N–H and O–H groups in total. The van der Waals surface area contributed by atoms with Gasteiger partial charge >= 0.3 is 0 Å². The Bertz CT molecular complexity index is 1230. The lowest BCUT2D eigenvalue weighted by molar-refractivity contribution is -0.121. The molecule has 2 aromatic heterocycles. The molecule has 0 spiro atoms. The predicted octanol–water partition coefficient (Wildman–Crippen LogP) is 2.26. The molecule has 0 radical (unpaired) electrons. The molecule has 0 aliphatic rings. The summed E-state index contributed by atoms with van der Waals surface area (Å²) in [5.74, 6) is -0.293. The van der Waals surface area contributed by atoms with Gasteiger partial charge in [0.2, 0.25) is 5.91 Å². The number of aryl methyl sites for hydroxylation is 1. The number of nitrogens with one attached hydrogen (secondary N) is 1.